The first-order valence-electron chi connectivity index (χ1n) is 6.16. The monoisotopic (exact) mass is 268 g/mol. The molecule has 1 atom stereocenters. The summed E-state index contributed by atoms with van der Waals surface area (Å²) in [5.74, 6) is 0.844. The first-order valence-corrected chi connectivity index (χ1v) is 6.16. The van der Waals surface area contributed by atoms with E-state index in [1.165, 1.54) is 10.9 Å². The molecular formula is C14H12N4O2. The Bertz CT molecular complexity index is 689. The molecule has 2 heterocycles. The summed E-state index contributed by atoms with van der Waals surface area (Å²) in [7, 11) is 1.67. The van der Waals surface area contributed by atoms with Gasteiger partial charge in [0, 0.05) is 13.5 Å². The van der Waals surface area contributed by atoms with Crippen LogP contribution in [0, 0.1) is 11.3 Å². The highest BCUT2D eigenvalue weighted by Gasteiger charge is 2.29. The molecule has 0 aliphatic carbocycles. The van der Waals surface area contributed by atoms with Crippen molar-refractivity contribution in [3.8, 4) is 11.8 Å². The molecule has 1 aliphatic rings. The molecule has 0 radical (unpaired) electrons. The van der Waals surface area contributed by atoms with E-state index in [2.05, 4.69) is 10.4 Å². The average molecular weight is 268 g/mol. The highest BCUT2D eigenvalue weighted by molar-refractivity contribution is 5.95. The molecule has 1 N–H and O–H groups in total. The number of carbonyl (C=O) groups excluding carboxylic acids is 1. The molecule has 2 aromatic rings. The zero-order valence-corrected chi connectivity index (χ0v) is 10.8. The van der Waals surface area contributed by atoms with Gasteiger partial charge in [-0.15, -0.1) is 0 Å². The number of fused-ring (bicyclic) bond motifs is 1. The Kier molecular flexibility index (Phi) is 2.88. The highest BCUT2D eigenvalue weighted by Crippen LogP contribution is 2.28. The SMILES string of the molecule is Cn1ncc(C#N)c1NC(=O)C1Cc2ccccc2O1. The number of anilines is 1. The maximum Gasteiger partial charge on any atom is 0.266 e. The number of aryl methyl sites for hydroxylation is 1. The summed E-state index contributed by atoms with van der Waals surface area (Å²) in [6, 6.07) is 9.55. The number of nitrogens with one attached hydrogen (secondary N) is 1. The van der Waals surface area contributed by atoms with Gasteiger partial charge in [0.1, 0.15) is 23.2 Å². The number of benzene rings is 1. The third-order valence-corrected chi connectivity index (χ3v) is 3.24. The summed E-state index contributed by atoms with van der Waals surface area (Å²) in [6.07, 6.45) is 1.37. The van der Waals surface area contributed by atoms with Crippen molar-refractivity contribution in [1.82, 2.24) is 9.78 Å². The van der Waals surface area contributed by atoms with E-state index in [9.17, 15) is 4.79 Å². The Morgan fingerprint density at radius 1 is 1.55 bits per heavy atom. The molecule has 6 heteroatoms. The van der Waals surface area contributed by atoms with Crippen molar-refractivity contribution in [1.29, 1.82) is 5.26 Å². The number of amides is 1. The van der Waals surface area contributed by atoms with Crippen LogP contribution >= 0.6 is 0 Å². The minimum Gasteiger partial charge on any atom is -0.480 e. The van der Waals surface area contributed by atoms with Crippen LogP contribution in [0.2, 0.25) is 0 Å². The third kappa shape index (κ3) is 1.99. The van der Waals surface area contributed by atoms with Crippen LogP contribution in [0.4, 0.5) is 5.82 Å². The molecule has 100 valence electrons. The Hall–Kier alpha value is -2.81. The van der Waals surface area contributed by atoms with E-state index in [0.29, 0.717) is 17.8 Å². The van der Waals surface area contributed by atoms with Crippen molar-refractivity contribution in [2.24, 2.45) is 7.05 Å². The van der Waals surface area contributed by atoms with E-state index in [0.717, 1.165) is 11.3 Å². The predicted molar refractivity (Wildman–Crippen MR) is 71.1 cm³/mol. The molecule has 6 nitrogen and oxygen atoms in total. The number of rotatable bonds is 2. The standard InChI is InChI=1S/C14H12N4O2/c1-18-13(10(7-15)8-16-18)17-14(19)12-6-9-4-2-3-5-11(9)20-12/h2-5,8,12H,6H2,1H3,(H,17,19). The summed E-state index contributed by atoms with van der Waals surface area (Å²) >= 11 is 0. The van der Waals surface area contributed by atoms with Crippen molar-refractivity contribution < 1.29 is 9.53 Å². The van der Waals surface area contributed by atoms with Crippen molar-refractivity contribution in [3.63, 3.8) is 0 Å². The second-order valence-corrected chi connectivity index (χ2v) is 4.55. The molecule has 0 fully saturated rings. The molecule has 1 aromatic heterocycles. The van der Waals surface area contributed by atoms with E-state index >= 15 is 0 Å². The minimum atomic E-state index is -0.575. The number of hydrogen-bond acceptors (Lipinski definition) is 4. The highest BCUT2D eigenvalue weighted by atomic mass is 16.5. The first kappa shape index (κ1) is 12.2. The lowest BCUT2D eigenvalue weighted by Gasteiger charge is -2.11. The Morgan fingerprint density at radius 3 is 3.10 bits per heavy atom. The average Bonchev–Trinajstić information content (AvgIpc) is 3.03. The largest absolute Gasteiger partial charge is 0.480 e. The first-order chi connectivity index (χ1) is 9.69. The molecule has 1 aromatic carbocycles. The van der Waals surface area contributed by atoms with Gasteiger partial charge in [-0.25, -0.2) is 0 Å². The predicted octanol–water partition coefficient (Wildman–Crippen LogP) is 1.23. The van der Waals surface area contributed by atoms with Crippen molar-refractivity contribution >= 4 is 11.7 Å². The Morgan fingerprint density at radius 2 is 2.35 bits per heavy atom. The van der Waals surface area contributed by atoms with Gasteiger partial charge in [-0.2, -0.15) is 10.4 Å². The third-order valence-electron chi connectivity index (χ3n) is 3.24. The van der Waals surface area contributed by atoms with E-state index in [1.807, 2.05) is 30.3 Å². The minimum absolute atomic E-state index is 0.277. The normalized spacial score (nSPS) is 16.1. The number of aromatic nitrogens is 2. The second kappa shape index (κ2) is 4.70. The lowest BCUT2D eigenvalue weighted by Crippen LogP contribution is -2.32. The Balaban J connectivity index is 1.76. The van der Waals surface area contributed by atoms with Crippen LogP contribution in [0.15, 0.2) is 30.5 Å². The summed E-state index contributed by atoms with van der Waals surface area (Å²) in [5.41, 5.74) is 1.34. The lowest BCUT2D eigenvalue weighted by molar-refractivity contribution is -0.122. The van der Waals surface area contributed by atoms with Crippen molar-refractivity contribution in [2.75, 3.05) is 5.32 Å². The molecule has 1 aliphatic heterocycles. The fourth-order valence-electron chi connectivity index (χ4n) is 2.19. The molecule has 0 saturated carbocycles. The van der Waals surface area contributed by atoms with Crippen molar-refractivity contribution in [2.45, 2.75) is 12.5 Å². The fraction of sp³-hybridized carbons (Fsp3) is 0.214. The summed E-state index contributed by atoms with van der Waals surface area (Å²) < 4.78 is 7.06. The molecule has 20 heavy (non-hydrogen) atoms. The van der Waals surface area contributed by atoms with Gasteiger partial charge in [0.2, 0.25) is 0 Å². The molecule has 0 spiro atoms. The number of para-hydroxylation sites is 1. The number of ether oxygens (including phenoxy) is 1. The fourth-order valence-corrected chi connectivity index (χ4v) is 2.19. The van der Waals surface area contributed by atoms with Gasteiger partial charge in [-0.3, -0.25) is 9.48 Å². The van der Waals surface area contributed by atoms with Crippen LogP contribution in [-0.4, -0.2) is 21.8 Å². The topological polar surface area (TPSA) is 79.9 Å². The van der Waals surface area contributed by atoms with Gasteiger partial charge in [0.25, 0.3) is 5.91 Å². The summed E-state index contributed by atoms with van der Waals surface area (Å²) in [4.78, 5) is 12.2. The van der Waals surface area contributed by atoms with E-state index < -0.39 is 6.10 Å². The number of nitriles is 1. The van der Waals surface area contributed by atoms with Crippen molar-refractivity contribution in [3.05, 3.63) is 41.6 Å². The van der Waals surface area contributed by atoms with Gasteiger partial charge in [-0.1, -0.05) is 18.2 Å². The van der Waals surface area contributed by atoms with Crippen LogP contribution in [0.25, 0.3) is 0 Å². The molecular weight excluding hydrogens is 256 g/mol. The van der Waals surface area contributed by atoms with E-state index in [1.54, 1.807) is 7.05 Å². The van der Waals surface area contributed by atoms with Gasteiger partial charge in [0.05, 0.1) is 6.20 Å². The molecule has 0 bridgehead atoms. The van der Waals surface area contributed by atoms with E-state index in [-0.39, 0.29) is 5.91 Å². The van der Waals surface area contributed by atoms with Gasteiger partial charge in [-0.05, 0) is 11.6 Å². The Labute approximate surface area is 115 Å². The quantitative estimate of drug-likeness (QED) is 0.888. The molecule has 0 saturated heterocycles. The van der Waals surface area contributed by atoms with Gasteiger partial charge < -0.3 is 10.1 Å². The van der Waals surface area contributed by atoms with Crippen LogP contribution in [0.3, 0.4) is 0 Å². The number of carbonyl (C=O) groups is 1. The zero-order chi connectivity index (χ0) is 14.1. The zero-order valence-electron chi connectivity index (χ0n) is 10.8. The maximum absolute atomic E-state index is 12.2. The number of hydrogen-bond donors (Lipinski definition) is 1. The van der Waals surface area contributed by atoms with Gasteiger partial charge in [0.15, 0.2) is 6.10 Å². The van der Waals surface area contributed by atoms with Crippen LogP contribution in [0.5, 0.6) is 5.75 Å². The van der Waals surface area contributed by atoms with Crippen LogP contribution < -0.4 is 10.1 Å². The van der Waals surface area contributed by atoms with Gasteiger partial charge >= 0.3 is 0 Å². The molecule has 1 amide bonds. The summed E-state index contributed by atoms with van der Waals surface area (Å²) in [5, 5.41) is 15.6. The van der Waals surface area contributed by atoms with Crippen LogP contribution in [0.1, 0.15) is 11.1 Å². The van der Waals surface area contributed by atoms with E-state index in [4.69, 9.17) is 10.00 Å². The second-order valence-electron chi connectivity index (χ2n) is 4.55. The van der Waals surface area contributed by atoms with Crippen LogP contribution in [-0.2, 0) is 18.3 Å². The molecule has 3 rings (SSSR count). The number of nitrogens with zero attached hydrogens (tertiary/aromatic N) is 3. The summed E-state index contributed by atoms with van der Waals surface area (Å²) in [6.45, 7) is 0. The molecule has 1 unspecified atom stereocenters. The lowest BCUT2D eigenvalue weighted by atomic mass is 10.1. The smallest absolute Gasteiger partial charge is 0.266 e. The maximum atomic E-state index is 12.2.